The fourth-order valence-electron chi connectivity index (χ4n) is 2.62. The van der Waals surface area contributed by atoms with E-state index in [4.69, 9.17) is 10.5 Å². The first kappa shape index (κ1) is 11.0. The number of aryl methyl sites for hydroxylation is 1. The molecule has 0 aromatic carbocycles. The maximum atomic E-state index is 5.86. The molecule has 1 aromatic heterocycles. The zero-order valence-corrected chi connectivity index (χ0v) is 10.1. The number of rotatable bonds is 5. The van der Waals surface area contributed by atoms with Crippen LogP contribution >= 0.6 is 0 Å². The summed E-state index contributed by atoms with van der Waals surface area (Å²) in [4.78, 5) is 0. The van der Waals surface area contributed by atoms with Crippen LogP contribution in [-0.4, -0.2) is 27.7 Å². The standard InChI is InChI=1S/C12H20N4O/c13-12-11(9-5-6-9)16(15-14-12)7-1-3-10-4-2-8-17-10/h9-10H,1-8,13H2. The second-order valence-corrected chi connectivity index (χ2v) is 5.13. The first-order chi connectivity index (χ1) is 8.34. The Balaban J connectivity index is 1.53. The van der Waals surface area contributed by atoms with E-state index in [1.165, 1.54) is 25.7 Å². The van der Waals surface area contributed by atoms with Crippen LogP contribution in [0.5, 0.6) is 0 Å². The largest absolute Gasteiger partial charge is 0.381 e. The van der Waals surface area contributed by atoms with E-state index in [9.17, 15) is 0 Å². The number of aromatic nitrogens is 3. The van der Waals surface area contributed by atoms with E-state index in [-0.39, 0.29) is 0 Å². The molecule has 1 aliphatic carbocycles. The first-order valence-electron chi connectivity index (χ1n) is 6.65. The van der Waals surface area contributed by atoms with Crippen LogP contribution in [0, 0.1) is 0 Å². The smallest absolute Gasteiger partial charge is 0.169 e. The zero-order chi connectivity index (χ0) is 11.7. The summed E-state index contributed by atoms with van der Waals surface area (Å²) >= 11 is 0. The normalized spacial score (nSPS) is 24.4. The number of hydrogen-bond acceptors (Lipinski definition) is 4. The minimum absolute atomic E-state index is 0.472. The van der Waals surface area contributed by atoms with Gasteiger partial charge in [-0.3, -0.25) is 0 Å². The van der Waals surface area contributed by atoms with Crippen molar-refractivity contribution in [1.29, 1.82) is 0 Å². The third kappa shape index (κ3) is 2.44. The average molecular weight is 236 g/mol. The van der Waals surface area contributed by atoms with Crippen molar-refractivity contribution in [3.63, 3.8) is 0 Å². The topological polar surface area (TPSA) is 66.0 Å². The van der Waals surface area contributed by atoms with Gasteiger partial charge in [-0.05, 0) is 38.5 Å². The Morgan fingerprint density at radius 3 is 2.94 bits per heavy atom. The van der Waals surface area contributed by atoms with Crippen LogP contribution in [0.4, 0.5) is 5.82 Å². The van der Waals surface area contributed by atoms with E-state index < -0.39 is 0 Å². The van der Waals surface area contributed by atoms with Gasteiger partial charge in [-0.25, -0.2) is 4.68 Å². The molecule has 0 amide bonds. The van der Waals surface area contributed by atoms with E-state index in [1.54, 1.807) is 0 Å². The molecule has 5 heteroatoms. The Bertz CT molecular complexity index is 380. The lowest BCUT2D eigenvalue weighted by molar-refractivity contribution is 0.101. The van der Waals surface area contributed by atoms with E-state index in [2.05, 4.69) is 10.3 Å². The lowest BCUT2D eigenvalue weighted by Crippen LogP contribution is -2.10. The third-order valence-electron chi connectivity index (χ3n) is 3.68. The Kier molecular flexibility index (Phi) is 3.01. The van der Waals surface area contributed by atoms with Gasteiger partial charge in [-0.2, -0.15) is 0 Å². The summed E-state index contributed by atoms with van der Waals surface area (Å²) in [5, 5.41) is 8.13. The Morgan fingerprint density at radius 2 is 2.24 bits per heavy atom. The van der Waals surface area contributed by atoms with Gasteiger partial charge in [0.25, 0.3) is 0 Å². The minimum Gasteiger partial charge on any atom is -0.381 e. The van der Waals surface area contributed by atoms with Crippen molar-refractivity contribution in [2.45, 2.75) is 57.1 Å². The Morgan fingerprint density at radius 1 is 1.35 bits per heavy atom. The highest BCUT2D eigenvalue weighted by molar-refractivity contribution is 5.38. The van der Waals surface area contributed by atoms with Gasteiger partial charge >= 0.3 is 0 Å². The van der Waals surface area contributed by atoms with Crippen LogP contribution < -0.4 is 5.73 Å². The highest BCUT2D eigenvalue weighted by Crippen LogP contribution is 2.41. The molecular weight excluding hydrogens is 216 g/mol. The monoisotopic (exact) mass is 236 g/mol. The lowest BCUT2D eigenvalue weighted by Gasteiger charge is -2.09. The number of anilines is 1. The summed E-state index contributed by atoms with van der Waals surface area (Å²) in [6.07, 6.45) is 7.62. The molecule has 5 nitrogen and oxygen atoms in total. The quantitative estimate of drug-likeness (QED) is 0.845. The molecule has 2 heterocycles. The van der Waals surface area contributed by atoms with Crippen LogP contribution in [0.25, 0.3) is 0 Å². The van der Waals surface area contributed by atoms with Crippen LogP contribution in [-0.2, 0) is 11.3 Å². The lowest BCUT2D eigenvalue weighted by atomic mass is 10.1. The number of nitrogens with zero attached hydrogens (tertiary/aromatic N) is 3. The second kappa shape index (κ2) is 4.64. The first-order valence-corrected chi connectivity index (χ1v) is 6.65. The second-order valence-electron chi connectivity index (χ2n) is 5.13. The van der Waals surface area contributed by atoms with Gasteiger partial charge in [0.2, 0.25) is 0 Å². The molecule has 1 saturated carbocycles. The molecule has 94 valence electrons. The molecule has 0 radical (unpaired) electrons. The fraction of sp³-hybridized carbons (Fsp3) is 0.833. The average Bonchev–Trinajstić information content (AvgIpc) is 2.88. The maximum Gasteiger partial charge on any atom is 0.169 e. The molecule has 1 saturated heterocycles. The Labute approximate surface area is 101 Å². The summed E-state index contributed by atoms with van der Waals surface area (Å²) in [5.41, 5.74) is 7.02. The molecule has 17 heavy (non-hydrogen) atoms. The van der Waals surface area contributed by atoms with Gasteiger partial charge in [-0.1, -0.05) is 5.21 Å². The van der Waals surface area contributed by atoms with Crippen molar-refractivity contribution in [3.05, 3.63) is 5.69 Å². The predicted octanol–water partition coefficient (Wildman–Crippen LogP) is 1.70. The Hall–Kier alpha value is -1.10. The van der Waals surface area contributed by atoms with Gasteiger partial charge in [0, 0.05) is 19.1 Å². The maximum absolute atomic E-state index is 5.86. The number of nitrogens with two attached hydrogens (primary N) is 1. The molecule has 1 aliphatic heterocycles. The minimum atomic E-state index is 0.472. The SMILES string of the molecule is Nc1nnn(CCCC2CCCO2)c1C1CC1. The summed E-state index contributed by atoms with van der Waals surface area (Å²) in [5.74, 6) is 1.25. The van der Waals surface area contributed by atoms with Crippen LogP contribution in [0.15, 0.2) is 0 Å². The van der Waals surface area contributed by atoms with Gasteiger partial charge in [0.15, 0.2) is 5.82 Å². The summed E-state index contributed by atoms with van der Waals surface area (Å²) in [6.45, 7) is 1.87. The van der Waals surface area contributed by atoms with Crippen molar-refractivity contribution in [2.75, 3.05) is 12.3 Å². The van der Waals surface area contributed by atoms with Gasteiger partial charge < -0.3 is 10.5 Å². The van der Waals surface area contributed by atoms with Crippen molar-refractivity contribution in [3.8, 4) is 0 Å². The molecule has 1 aromatic rings. The van der Waals surface area contributed by atoms with Crippen molar-refractivity contribution < 1.29 is 4.74 Å². The van der Waals surface area contributed by atoms with Crippen LogP contribution in [0.1, 0.15) is 50.1 Å². The van der Waals surface area contributed by atoms with Crippen molar-refractivity contribution >= 4 is 5.82 Å². The highest BCUT2D eigenvalue weighted by atomic mass is 16.5. The number of nitrogen functional groups attached to an aromatic ring is 1. The molecule has 2 N–H and O–H groups in total. The van der Waals surface area contributed by atoms with E-state index in [0.29, 0.717) is 17.8 Å². The van der Waals surface area contributed by atoms with E-state index in [1.807, 2.05) is 4.68 Å². The molecular formula is C12H20N4O. The molecule has 3 rings (SSSR count). The van der Waals surface area contributed by atoms with Crippen molar-refractivity contribution in [2.24, 2.45) is 0 Å². The molecule has 0 bridgehead atoms. The highest BCUT2D eigenvalue weighted by Gasteiger charge is 2.30. The van der Waals surface area contributed by atoms with Gasteiger partial charge in [0.1, 0.15) is 0 Å². The molecule has 1 atom stereocenters. The summed E-state index contributed by atoms with van der Waals surface area (Å²) in [6, 6.07) is 0. The summed E-state index contributed by atoms with van der Waals surface area (Å²) < 4.78 is 7.62. The van der Waals surface area contributed by atoms with Crippen LogP contribution in [0.3, 0.4) is 0 Å². The fourth-order valence-corrected chi connectivity index (χ4v) is 2.62. The number of hydrogen-bond donors (Lipinski definition) is 1. The predicted molar refractivity (Wildman–Crippen MR) is 64.6 cm³/mol. The van der Waals surface area contributed by atoms with Crippen LogP contribution in [0.2, 0.25) is 0 Å². The summed E-state index contributed by atoms with van der Waals surface area (Å²) in [7, 11) is 0. The van der Waals surface area contributed by atoms with Gasteiger partial charge in [-0.15, -0.1) is 5.10 Å². The molecule has 0 spiro atoms. The molecule has 2 fully saturated rings. The van der Waals surface area contributed by atoms with E-state index in [0.717, 1.165) is 31.7 Å². The van der Waals surface area contributed by atoms with Gasteiger partial charge in [0.05, 0.1) is 11.8 Å². The van der Waals surface area contributed by atoms with E-state index >= 15 is 0 Å². The number of ether oxygens (including phenoxy) is 1. The third-order valence-corrected chi connectivity index (χ3v) is 3.68. The van der Waals surface area contributed by atoms with Crippen molar-refractivity contribution in [1.82, 2.24) is 15.0 Å². The molecule has 1 unspecified atom stereocenters. The molecule has 2 aliphatic rings. The zero-order valence-electron chi connectivity index (χ0n) is 10.1.